The fourth-order valence-electron chi connectivity index (χ4n) is 2.30. The highest BCUT2D eigenvalue weighted by Gasteiger charge is 2.32. The number of benzene rings is 1. The Morgan fingerprint density at radius 2 is 2.16 bits per heavy atom. The quantitative estimate of drug-likeness (QED) is 0.828. The Morgan fingerprint density at radius 1 is 1.47 bits per heavy atom. The van der Waals surface area contributed by atoms with E-state index in [9.17, 15) is 4.79 Å². The van der Waals surface area contributed by atoms with Gasteiger partial charge in [0.2, 0.25) is 5.91 Å². The molecule has 1 amide bonds. The first kappa shape index (κ1) is 14.0. The highest BCUT2D eigenvalue weighted by atomic mass is 32.1. The van der Waals surface area contributed by atoms with Gasteiger partial charge in [0.05, 0.1) is 12.0 Å². The van der Waals surface area contributed by atoms with Gasteiger partial charge in [0, 0.05) is 17.9 Å². The van der Waals surface area contributed by atoms with E-state index in [4.69, 9.17) is 22.7 Å². The van der Waals surface area contributed by atoms with Gasteiger partial charge in [0.15, 0.2) is 0 Å². The summed E-state index contributed by atoms with van der Waals surface area (Å²) >= 11 is 4.89. The van der Waals surface area contributed by atoms with Crippen molar-refractivity contribution in [1.29, 1.82) is 0 Å². The van der Waals surface area contributed by atoms with Gasteiger partial charge < -0.3 is 15.8 Å². The van der Waals surface area contributed by atoms with Crippen LogP contribution in [0.3, 0.4) is 0 Å². The van der Waals surface area contributed by atoms with E-state index in [0.29, 0.717) is 11.6 Å². The summed E-state index contributed by atoms with van der Waals surface area (Å²) in [6.45, 7) is 2.70. The number of hydrogen-bond donors (Lipinski definition) is 2. The Balaban J connectivity index is 2.00. The molecule has 1 aliphatic rings. The van der Waals surface area contributed by atoms with Crippen molar-refractivity contribution in [2.24, 2.45) is 11.7 Å². The number of carbonyl (C=O) groups excluding carboxylic acids is 1. The molecular formula is C14H18N2O2S. The number of carbonyl (C=O) groups is 1. The Labute approximate surface area is 118 Å². The number of rotatable bonds is 4. The van der Waals surface area contributed by atoms with Gasteiger partial charge in [-0.3, -0.25) is 4.79 Å². The summed E-state index contributed by atoms with van der Waals surface area (Å²) in [5.74, 6) is -0.0345. The Hall–Kier alpha value is -1.46. The SMILES string of the molecule is CCC1OCCC1C(=O)Nc1ccc(C(N)=S)cc1. The van der Waals surface area contributed by atoms with Gasteiger partial charge in [-0.1, -0.05) is 19.1 Å². The highest BCUT2D eigenvalue weighted by Crippen LogP contribution is 2.25. The van der Waals surface area contributed by atoms with Crippen LogP contribution < -0.4 is 11.1 Å². The molecule has 2 unspecified atom stereocenters. The molecule has 1 aromatic rings. The van der Waals surface area contributed by atoms with Crippen molar-refractivity contribution in [3.8, 4) is 0 Å². The highest BCUT2D eigenvalue weighted by molar-refractivity contribution is 7.80. The second kappa shape index (κ2) is 6.12. The van der Waals surface area contributed by atoms with Gasteiger partial charge >= 0.3 is 0 Å². The Kier molecular flexibility index (Phi) is 4.50. The maximum atomic E-state index is 12.2. The number of thiocarbonyl (C=S) groups is 1. The van der Waals surface area contributed by atoms with E-state index >= 15 is 0 Å². The van der Waals surface area contributed by atoms with Crippen molar-refractivity contribution in [2.75, 3.05) is 11.9 Å². The second-order valence-corrected chi connectivity index (χ2v) is 5.08. The van der Waals surface area contributed by atoms with Crippen LogP contribution in [0.1, 0.15) is 25.3 Å². The van der Waals surface area contributed by atoms with Crippen LogP contribution >= 0.6 is 12.2 Å². The van der Waals surface area contributed by atoms with Crippen LogP contribution in [-0.2, 0) is 9.53 Å². The normalized spacial score (nSPS) is 22.2. The summed E-state index contributed by atoms with van der Waals surface area (Å²) in [6.07, 6.45) is 1.68. The van der Waals surface area contributed by atoms with Crippen LogP contribution in [0, 0.1) is 5.92 Å². The molecule has 1 heterocycles. The largest absolute Gasteiger partial charge is 0.389 e. The van der Waals surface area contributed by atoms with E-state index < -0.39 is 0 Å². The smallest absolute Gasteiger partial charge is 0.230 e. The van der Waals surface area contributed by atoms with Gasteiger partial charge in [-0.25, -0.2) is 0 Å². The predicted octanol–water partition coefficient (Wildman–Crippen LogP) is 2.07. The summed E-state index contributed by atoms with van der Waals surface area (Å²) in [4.78, 5) is 12.5. The molecule has 1 saturated heterocycles. The van der Waals surface area contributed by atoms with Gasteiger partial charge in [0.1, 0.15) is 4.99 Å². The Morgan fingerprint density at radius 3 is 2.74 bits per heavy atom. The number of nitrogens with one attached hydrogen (secondary N) is 1. The average molecular weight is 278 g/mol. The molecule has 2 rings (SSSR count). The van der Waals surface area contributed by atoms with Crippen molar-refractivity contribution >= 4 is 28.8 Å². The molecule has 1 aliphatic heterocycles. The topological polar surface area (TPSA) is 64.3 Å². The zero-order valence-corrected chi connectivity index (χ0v) is 11.7. The summed E-state index contributed by atoms with van der Waals surface area (Å²) in [5.41, 5.74) is 7.08. The van der Waals surface area contributed by atoms with Crippen LogP contribution in [0.15, 0.2) is 24.3 Å². The molecule has 0 radical (unpaired) electrons. The zero-order chi connectivity index (χ0) is 13.8. The summed E-state index contributed by atoms with van der Waals surface area (Å²) in [5, 5.41) is 2.91. The molecule has 0 aromatic heterocycles. The average Bonchev–Trinajstić information content (AvgIpc) is 2.87. The molecule has 1 fully saturated rings. The summed E-state index contributed by atoms with van der Waals surface area (Å²) in [6, 6.07) is 7.23. The van der Waals surface area contributed by atoms with E-state index in [-0.39, 0.29) is 17.9 Å². The molecule has 19 heavy (non-hydrogen) atoms. The number of nitrogens with two attached hydrogens (primary N) is 1. The van der Waals surface area contributed by atoms with Crippen molar-refractivity contribution < 1.29 is 9.53 Å². The molecule has 3 N–H and O–H groups in total. The third-order valence-corrected chi connectivity index (χ3v) is 3.62. The number of hydrogen-bond acceptors (Lipinski definition) is 3. The summed E-state index contributed by atoms with van der Waals surface area (Å²) < 4.78 is 5.53. The monoisotopic (exact) mass is 278 g/mol. The van der Waals surface area contributed by atoms with Gasteiger partial charge in [-0.15, -0.1) is 0 Å². The molecule has 4 nitrogen and oxygen atoms in total. The first-order chi connectivity index (χ1) is 9.11. The van der Waals surface area contributed by atoms with Crippen LogP contribution in [0.4, 0.5) is 5.69 Å². The molecule has 5 heteroatoms. The van der Waals surface area contributed by atoms with E-state index in [0.717, 1.165) is 24.1 Å². The van der Waals surface area contributed by atoms with Crippen LogP contribution in [0.2, 0.25) is 0 Å². The predicted molar refractivity (Wildman–Crippen MR) is 79.1 cm³/mol. The van der Waals surface area contributed by atoms with Gasteiger partial charge in [-0.2, -0.15) is 0 Å². The molecular weight excluding hydrogens is 260 g/mol. The first-order valence-corrected chi connectivity index (χ1v) is 6.85. The number of amides is 1. The Bertz CT molecular complexity index is 473. The number of anilines is 1. The minimum absolute atomic E-state index is 0.0208. The number of ether oxygens (including phenoxy) is 1. The minimum Gasteiger partial charge on any atom is -0.389 e. The lowest BCUT2D eigenvalue weighted by Gasteiger charge is -2.16. The molecule has 0 bridgehead atoms. The molecule has 0 spiro atoms. The molecule has 0 saturated carbocycles. The van der Waals surface area contributed by atoms with Crippen LogP contribution in [-0.4, -0.2) is 23.6 Å². The first-order valence-electron chi connectivity index (χ1n) is 6.44. The molecule has 0 aliphatic carbocycles. The summed E-state index contributed by atoms with van der Waals surface area (Å²) in [7, 11) is 0. The van der Waals surface area contributed by atoms with Crippen molar-refractivity contribution in [3.63, 3.8) is 0 Å². The van der Waals surface area contributed by atoms with Gasteiger partial charge in [-0.05, 0) is 37.1 Å². The van der Waals surface area contributed by atoms with Crippen LogP contribution in [0.25, 0.3) is 0 Å². The van der Waals surface area contributed by atoms with Crippen LogP contribution in [0.5, 0.6) is 0 Å². The lowest BCUT2D eigenvalue weighted by Crippen LogP contribution is -2.29. The van der Waals surface area contributed by atoms with Crippen molar-refractivity contribution in [3.05, 3.63) is 29.8 Å². The van der Waals surface area contributed by atoms with Crippen molar-refractivity contribution in [1.82, 2.24) is 0 Å². The fourth-order valence-corrected chi connectivity index (χ4v) is 2.44. The lowest BCUT2D eigenvalue weighted by atomic mass is 9.98. The van der Waals surface area contributed by atoms with Crippen molar-refractivity contribution in [2.45, 2.75) is 25.9 Å². The third kappa shape index (κ3) is 3.30. The zero-order valence-electron chi connectivity index (χ0n) is 10.9. The van der Waals surface area contributed by atoms with E-state index in [1.807, 2.05) is 19.1 Å². The maximum Gasteiger partial charge on any atom is 0.230 e. The fraction of sp³-hybridized carbons (Fsp3) is 0.429. The van der Waals surface area contributed by atoms with E-state index in [2.05, 4.69) is 5.32 Å². The third-order valence-electron chi connectivity index (χ3n) is 3.39. The molecule has 2 atom stereocenters. The second-order valence-electron chi connectivity index (χ2n) is 4.64. The van der Waals surface area contributed by atoms with E-state index in [1.54, 1.807) is 12.1 Å². The molecule has 102 valence electrons. The lowest BCUT2D eigenvalue weighted by molar-refractivity contribution is -0.121. The minimum atomic E-state index is -0.0553. The maximum absolute atomic E-state index is 12.2. The van der Waals surface area contributed by atoms with Gasteiger partial charge in [0.25, 0.3) is 0 Å². The molecule has 1 aromatic carbocycles. The standard InChI is InChI=1S/C14H18N2O2S/c1-2-12-11(7-8-18-12)14(17)16-10-5-3-9(4-6-10)13(15)19/h3-6,11-12H,2,7-8H2,1H3,(H2,15,19)(H,16,17). The van der Waals surface area contributed by atoms with E-state index in [1.165, 1.54) is 0 Å².